The van der Waals surface area contributed by atoms with Gasteiger partial charge in [-0.05, 0) is 43.2 Å². The predicted octanol–water partition coefficient (Wildman–Crippen LogP) is 3.72. The van der Waals surface area contributed by atoms with Gasteiger partial charge in [-0.15, -0.1) is 0 Å². The van der Waals surface area contributed by atoms with Gasteiger partial charge in [-0.1, -0.05) is 18.6 Å². The number of piperidine rings is 1. The number of nitrogens with one attached hydrogen (secondary N) is 1. The third-order valence-corrected chi connectivity index (χ3v) is 6.62. The summed E-state index contributed by atoms with van der Waals surface area (Å²) in [5.41, 5.74) is 0.0808. The number of rotatable bonds is 7. The van der Waals surface area contributed by atoms with Gasteiger partial charge in [0.2, 0.25) is 10.0 Å². The molecule has 0 aromatic heterocycles. The van der Waals surface area contributed by atoms with Crippen molar-refractivity contribution < 1.29 is 31.5 Å². The van der Waals surface area contributed by atoms with Crippen molar-refractivity contribution in [3.05, 3.63) is 48.0 Å². The summed E-state index contributed by atoms with van der Waals surface area (Å²) in [5.74, 6) is -0.836. The van der Waals surface area contributed by atoms with Gasteiger partial charge < -0.3 is 14.8 Å². The number of carbonyl (C=O) groups excluding carboxylic acids is 1. The molecular weight excluding hydrogens is 418 g/mol. The second-order valence-electron chi connectivity index (χ2n) is 6.66. The number of hydrogen-bond acceptors (Lipinski definition) is 5. The number of anilines is 1. The summed E-state index contributed by atoms with van der Waals surface area (Å²) < 4.78 is 62.3. The normalized spacial score (nSPS) is 15.1. The van der Waals surface area contributed by atoms with Crippen molar-refractivity contribution in [2.45, 2.75) is 30.8 Å². The van der Waals surface area contributed by atoms with E-state index in [2.05, 4.69) is 10.1 Å². The fourth-order valence-corrected chi connectivity index (χ4v) is 4.95. The van der Waals surface area contributed by atoms with Gasteiger partial charge in [-0.25, -0.2) is 8.42 Å². The Morgan fingerprint density at radius 2 is 1.77 bits per heavy atom. The first-order chi connectivity index (χ1) is 14.3. The number of carbonyl (C=O) groups is 1. The number of halogens is 2. The molecule has 0 aliphatic carbocycles. The number of sulfonamides is 1. The zero-order valence-electron chi connectivity index (χ0n) is 16.3. The van der Waals surface area contributed by atoms with Crippen LogP contribution in [0.2, 0.25) is 0 Å². The molecule has 0 atom stereocenters. The van der Waals surface area contributed by atoms with Crippen molar-refractivity contribution >= 4 is 21.6 Å². The molecule has 1 amide bonds. The van der Waals surface area contributed by atoms with E-state index < -0.39 is 22.5 Å². The third kappa shape index (κ3) is 4.88. The van der Waals surface area contributed by atoms with Crippen molar-refractivity contribution in [3.63, 3.8) is 0 Å². The molecule has 0 bridgehead atoms. The highest BCUT2D eigenvalue weighted by Crippen LogP contribution is 2.31. The quantitative estimate of drug-likeness (QED) is 0.709. The van der Waals surface area contributed by atoms with Gasteiger partial charge in [0.25, 0.3) is 5.91 Å². The molecule has 1 aliphatic heterocycles. The first-order valence-electron chi connectivity index (χ1n) is 9.36. The van der Waals surface area contributed by atoms with Crippen molar-refractivity contribution in [3.8, 4) is 11.5 Å². The molecule has 0 spiro atoms. The van der Waals surface area contributed by atoms with Gasteiger partial charge in [0, 0.05) is 18.8 Å². The highest BCUT2D eigenvalue weighted by molar-refractivity contribution is 7.89. The summed E-state index contributed by atoms with van der Waals surface area (Å²) in [4.78, 5) is 12.5. The fraction of sp³-hybridized carbons (Fsp3) is 0.350. The van der Waals surface area contributed by atoms with Gasteiger partial charge in [0.1, 0.15) is 16.4 Å². The molecule has 3 rings (SSSR count). The van der Waals surface area contributed by atoms with Crippen LogP contribution < -0.4 is 14.8 Å². The molecular formula is C20H22F2N2O5S. The first-order valence-corrected chi connectivity index (χ1v) is 10.8. The maximum atomic E-state index is 13.1. The number of amides is 1. The fourth-order valence-electron chi connectivity index (χ4n) is 3.25. The molecule has 2 aromatic rings. The van der Waals surface area contributed by atoms with E-state index in [0.717, 1.165) is 19.3 Å². The maximum Gasteiger partial charge on any atom is 0.387 e. The Kier molecular flexibility index (Phi) is 6.88. The maximum absolute atomic E-state index is 13.1. The van der Waals surface area contributed by atoms with Crippen molar-refractivity contribution in [1.29, 1.82) is 0 Å². The molecule has 1 heterocycles. The van der Waals surface area contributed by atoms with E-state index in [1.165, 1.54) is 53.9 Å². The predicted molar refractivity (Wildman–Crippen MR) is 107 cm³/mol. The number of alkyl halides is 2. The van der Waals surface area contributed by atoms with Crippen molar-refractivity contribution in [1.82, 2.24) is 4.31 Å². The third-order valence-electron chi connectivity index (χ3n) is 4.70. The number of methoxy groups -OCH3 is 1. The molecule has 2 aromatic carbocycles. The average Bonchev–Trinajstić information content (AvgIpc) is 2.74. The lowest BCUT2D eigenvalue weighted by molar-refractivity contribution is -0.0501. The zero-order valence-corrected chi connectivity index (χ0v) is 17.1. The Balaban J connectivity index is 1.90. The van der Waals surface area contributed by atoms with Gasteiger partial charge in [0.15, 0.2) is 0 Å². The molecule has 1 saturated heterocycles. The van der Waals surface area contributed by atoms with E-state index in [4.69, 9.17) is 4.74 Å². The minimum atomic E-state index is -3.82. The number of ether oxygens (including phenoxy) is 2. The topological polar surface area (TPSA) is 84.9 Å². The molecule has 1 N–H and O–H groups in total. The van der Waals surface area contributed by atoms with Crippen molar-refractivity contribution in [2.75, 3.05) is 25.5 Å². The summed E-state index contributed by atoms with van der Waals surface area (Å²) in [5, 5.41) is 2.54. The summed E-state index contributed by atoms with van der Waals surface area (Å²) in [6.07, 6.45) is 2.52. The molecule has 30 heavy (non-hydrogen) atoms. The number of benzene rings is 2. The molecule has 0 radical (unpaired) electrons. The van der Waals surface area contributed by atoms with E-state index in [-0.39, 0.29) is 27.6 Å². The summed E-state index contributed by atoms with van der Waals surface area (Å²) in [6, 6.07) is 9.77. The van der Waals surface area contributed by atoms with Crippen LogP contribution in [0.3, 0.4) is 0 Å². The van der Waals surface area contributed by atoms with Gasteiger partial charge in [0.05, 0.1) is 12.7 Å². The Hall–Kier alpha value is -2.72. The van der Waals surface area contributed by atoms with Crippen LogP contribution in [-0.2, 0) is 10.0 Å². The van der Waals surface area contributed by atoms with E-state index in [1.54, 1.807) is 0 Å². The van der Waals surface area contributed by atoms with Gasteiger partial charge in [-0.2, -0.15) is 13.1 Å². The highest BCUT2D eigenvalue weighted by Gasteiger charge is 2.29. The molecule has 1 fully saturated rings. The largest absolute Gasteiger partial charge is 0.495 e. The zero-order chi connectivity index (χ0) is 21.7. The summed E-state index contributed by atoms with van der Waals surface area (Å²) in [7, 11) is -2.46. The van der Waals surface area contributed by atoms with Crippen molar-refractivity contribution in [2.24, 2.45) is 0 Å². The molecule has 0 unspecified atom stereocenters. The van der Waals surface area contributed by atoms with E-state index in [9.17, 15) is 22.0 Å². The Morgan fingerprint density at radius 1 is 1.07 bits per heavy atom. The number of nitrogens with zero attached hydrogens (tertiary/aromatic N) is 1. The van der Waals surface area contributed by atoms with Crippen LogP contribution in [0.15, 0.2) is 47.4 Å². The minimum Gasteiger partial charge on any atom is -0.495 e. The average molecular weight is 440 g/mol. The Morgan fingerprint density at radius 3 is 2.43 bits per heavy atom. The van der Waals surface area contributed by atoms with Crippen LogP contribution in [0.5, 0.6) is 11.5 Å². The monoisotopic (exact) mass is 440 g/mol. The Labute approximate surface area is 173 Å². The molecule has 0 saturated carbocycles. The molecule has 162 valence electrons. The first kappa shape index (κ1) is 22.0. The summed E-state index contributed by atoms with van der Waals surface area (Å²) >= 11 is 0. The van der Waals surface area contributed by atoms with Crippen LogP contribution in [0.25, 0.3) is 0 Å². The lowest BCUT2D eigenvalue weighted by Crippen LogP contribution is -2.35. The minimum absolute atomic E-state index is 0.0678. The molecule has 1 aliphatic rings. The molecule has 7 nitrogen and oxygen atoms in total. The highest BCUT2D eigenvalue weighted by atomic mass is 32.2. The standard InChI is InChI=1S/C20H22F2N2O5S/c1-28-17-10-9-14(13-18(17)30(26,27)24-11-5-2-6-12-24)23-19(25)15-7-3-4-8-16(15)29-20(21)22/h3-4,7-10,13,20H,2,5-6,11-12H2,1H3,(H,23,25). The van der Waals surface area contributed by atoms with E-state index >= 15 is 0 Å². The number of hydrogen-bond donors (Lipinski definition) is 1. The number of para-hydroxylation sites is 1. The van der Waals surface area contributed by atoms with Crippen LogP contribution >= 0.6 is 0 Å². The van der Waals surface area contributed by atoms with Crippen LogP contribution in [0, 0.1) is 0 Å². The lowest BCUT2D eigenvalue weighted by Gasteiger charge is -2.26. The van der Waals surface area contributed by atoms with Crippen LogP contribution in [0.1, 0.15) is 29.6 Å². The van der Waals surface area contributed by atoms with Gasteiger partial charge in [-0.3, -0.25) is 4.79 Å². The van der Waals surface area contributed by atoms with E-state index in [0.29, 0.717) is 13.1 Å². The molecule has 10 heteroatoms. The Bertz CT molecular complexity index is 1010. The van der Waals surface area contributed by atoms with Crippen LogP contribution in [-0.4, -0.2) is 45.4 Å². The summed E-state index contributed by atoms with van der Waals surface area (Å²) in [6.45, 7) is -2.25. The SMILES string of the molecule is COc1ccc(NC(=O)c2ccccc2OC(F)F)cc1S(=O)(=O)N1CCCCC1. The second kappa shape index (κ2) is 9.40. The second-order valence-corrected chi connectivity index (χ2v) is 8.57. The smallest absolute Gasteiger partial charge is 0.387 e. The van der Waals surface area contributed by atoms with Gasteiger partial charge >= 0.3 is 6.61 Å². The lowest BCUT2D eigenvalue weighted by atomic mass is 10.2. The van der Waals surface area contributed by atoms with Crippen LogP contribution in [0.4, 0.5) is 14.5 Å². The van der Waals surface area contributed by atoms with E-state index in [1.807, 2.05) is 0 Å².